The van der Waals surface area contributed by atoms with Crippen LogP contribution in [-0.4, -0.2) is 53.4 Å². The second kappa shape index (κ2) is 9.67. The second-order valence-electron chi connectivity index (χ2n) is 8.07. The van der Waals surface area contributed by atoms with Gasteiger partial charge in [-0.15, -0.1) is 0 Å². The van der Waals surface area contributed by atoms with Crippen LogP contribution in [0.25, 0.3) is 0 Å². The molecule has 0 aromatic heterocycles. The third-order valence-electron chi connectivity index (χ3n) is 4.69. The van der Waals surface area contributed by atoms with Crippen molar-refractivity contribution in [3.8, 4) is 5.75 Å². The van der Waals surface area contributed by atoms with Gasteiger partial charge in [0.2, 0.25) is 0 Å². The average molecular weight is 562 g/mol. The molecule has 0 radical (unpaired) electrons. The number of benzene rings is 1. The van der Waals surface area contributed by atoms with Crippen molar-refractivity contribution in [3.05, 3.63) is 29.8 Å². The molecule has 0 aliphatic carbocycles. The lowest BCUT2D eigenvalue weighted by Crippen LogP contribution is -2.72. The van der Waals surface area contributed by atoms with E-state index in [0.29, 0.717) is 0 Å². The van der Waals surface area contributed by atoms with E-state index in [1.807, 2.05) is 0 Å². The third-order valence-corrected chi connectivity index (χ3v) is 4.69. The molecule has 0 aliphatic heterocycles. The van der Waals surface area contributed by atoms with Gasteiger partial charge in [0, 0.05) is 6.42 Å². The largest absolute Gasteiger partial charge is 0.493 e. The molecule has 0 saturated carbocycles. The number of aliphatic hydroxyl groups is 1. The van der Waals surface area contributed by atoms with Gasteiger partial charge in [-0.2, -0.15) is 65.9 Å². The number of ether oxygens (including phenoxy) is 1. The zero-order valence-electron chi connectivity index (χ0n) is 17.9. The molecule has 1 aromatic carbocycles. The van der Waals surface area contributed by atoms with Gasteiger partial charge in [0.15, 0.2) is 0 Å². The van der Waals surface area contributed by atoms with Gasteiger partial charge >= 0.3 is 41.7 Å². The highest BCUT2D eigenvalue weighted by molar-refractivity contribution is 5.29. The standard InChI is InChI=1S/C19H17F15O2/c1-9(2)8-36-11-5-3-10(4-6-11)12(35)7-13(20,21)14(22,23)15(24,25)16(26,27)17(28,29)18(30,31)19(32,33)34/h3-6,9,12,35H,7-8H2,1-2H3. The van der Waals surface area contributed by atoms with Gasteiger partial charge in [-0.25, -0.2) is 0 Å². The Balaban J connectivity index is 3.30. The maximum atomic E-state index is 14.0. The Hall–Kier alpha value is -2.07. The first-order chi connectivity index (χ1) is 15.8. The topological polar surface area (TPSA) is 29.5 Å². The van der Waals surface area contributed by atoms with Crippen molar-refractivity contribution in [1.82, 2.24) is 0 Å². The zero-order chi connectivity index (χ0) is 28.8. The minimum absolute atomic E-state index is 0.0134. The predicted molar refractivity (Wildman–Crippen MR) is 92.1 cm³/mol. The molecule has 1 N–H and O–H groups in total. The fraction of sp³-hybridized carbons (Fsp3) is 0.684. The van der Waals surface area contributed by atoms with Gasteiger partial charge in [0.25, 0.3) is 0 Å². The molecule has 210 valence electrons. The Bertz CT molecular complexity index is 876. The van der Waals surface area contributed by atoms with Crippen molar-refractivity contribution >= 4 is 0 Å². The van der Waals surface area contributed by atoms with Crippen LogP contribution < -0.4 is 4.74 Å². The van der Waals surface area contributed by atoms with E-state index < -0.39 is 59.8 Å². The van der Waals surface area contributed by atoms with Crippen LogP contribution in [0.2, 0.25) is 0 Å². The van der Waals surface area contributed by atoms with Gasteiger partial charge < -0.3 is 9.84 Å². The van der Waals surface area contributed by atoms with Crippen molar-refractivity contribution in [2.45, 2.75) is 68.1 Å². The Morgan fingerprint density at radius 1 is 0.639 bits per heavy atom. The molecule has 1 unspecified atom stereocenters. The molecule has 0 spiro atoms. The predicted octanol–water partition coefficient (Wildman–Crippen LogP) is 7.52. The average Bonchev–Trinajstić information content (AvgIpc) is 2.70. The fourth-order valence-electron chi connectivity index (χ4n) is 2.54. The van der Waals surface area contributed by atoms with Crippen molar-refractivity contribution in [3.63, 3.8) is 0 Å². The molecule has 0 fully saturated rings. The molecular weight excluding hydrogens is 545 g/mol. The number of hydrogen-bond acceptors (Lipinski definition) is 2. The Morgan fingerprint density at radius 3 is 1.42 bits per heavy atom. The maximum absolute atomic E-state index is 14.0. The summed E-state index contributed by atoms with van der Waals surface area (Å²) >= 11 is 0. The van der Waals surface area contributed by atoms with Crippen LogP contribution in [0.4, 0.5) is 65.9 Å². The zero-order valence-corrected chi connectivity index (χ0v) is 17.9. The van der Waals surface area contributed by atoms with Gasteiger partial charge in [-0.3, -0.25) is 0 Å². The molecular formula is C19H17F15O2. The lowest BCUT2D eigenvalue weighted by Gasteiger charge is -2.41. The van der Waals surface area contributed by atoms with Crippen LogP contribution in [0.3, 0.4) is 0 Å². The number of hydrogen-bond donors (Lipinski definition) is 1. The fourth-order valence-corrected chi connectivity index (χ4v) is 2.54. The molecule has 2 nitrogen and oxygen atoms in total. The highest BCUT2D eigenvalue weighted by Gasteiger charge is 2.93. The van der Waals surface area contributed by atoms with Crippen LogP contribution in [0.1, 0.15) is 31.9 Å². The molecule has 0 bridgehead atoms. The number of aliphatic hydroxyl groups excluding tert-OH is 1. The summed E-state index contributed by atoms with van der Waals surface area (Å²) in [6, 6.07) is 3.53. The van der Waals surface area contributed by atoms with Crippen LogP contribution in [-0.2, 0) is 0 Å². The van der Waals surface area contributed by atoms with E-state index >= 15 is 0 Å². The molecule has 17 heteroatoms. The van der Waals surface area contributed by atoms with E-state index in [-0.39, 0.29) is 18.3 Å². The Morgan fingerprint density at radius 2 is 1.03 bits per heavy atom. The van der Waals surface area contributed by atoms with Gasteiger partial charge in [0.1, 0.15) is 5.75 Å². The molecule has 1 atom stereocenters. The highest BCUT2D eigenvalue weighted by atomic mass is 19.4. The van der Waals surface area contributed by atoms with Crippen molar-refractivity contribution in [2.24, 2.45) is 5.92 Å². The summed E-state index contributed by atoms with van der Waals surface area (Å²) in [7, 11) is 0. The van der Waals surface area contributed by atoms with Crippen LogP contribution >= 0.6 is 0 Å². The van der Waals surface area contributed by atoms with E-state index in [9.17, 15) is 71.0 Å². The summed E-state index contributed by atoms with van der Waals surface area (Å²) in [6.45, 7) is 3.62. The SMILES string of the molecule is CC(C)COc1ccc(C(O)CC(F)(F)C(F)(F)C(F)(F)C(F)(F)C(F)(F)C(F)(F)C(F)(F)F)cc1. The lowest BCUT2D eigenvalue weighted by molar-refractivity contribution is -0.453. The summed E-state index contributed by atoms with van der Waals surface area (Å²) in [6.07, 6.45) is -13.3. The summed E-state index contributed by atoms with van der Waals surface area (Å²) in [5.74, 6) is -47.0. The van der Waals surface area contributed by atoms with E-state index in [2.05, 4.69) is 0 Å². The van der Waals surface area contributed by atoms with Gasteiger partial charge in [-0.1, -0.05) is 26.0 Å². The smallest absolute Gasteiger partial charge is 0.460 e. The number of alkyl halides is 15. The first-order valence-electron chi connectivity index (χ1n) is 9.52. The highest BCUT2D eigenvalue weighted by Crippen LogP contribution is 2.63. The van der Waals surface area contributed by atoms with Crippen LogP contribution in [0.15, 0.2) is 24.3 Å². The Kier molecular flexibility index (Phi) is 8.58. The van der Waals surface area contributed by atoms with Crippen LogP contribution in [0, 0.1) is 5.92 Å². The third kappa shape index (κ3) is 5.30. The van der Waals surface area contributed by atoms with Crippen molar-refractivity contribution in [1.29, 1.82) is 0 Å². The molecule has 0 heterocycles. The van der Waals surface area contributed by atoms with Crippen molar-refractivity contribution in [2.75, 3.05) is 6.61 Å². The van der Waals surface area contributed by atoms with E-state index in [4.69, 9.17) is 4.74 Å². The molecule has 0 saturated heterocycles. The van der Waals surface area contributed by atoms with E-state index in [0.717, 1.165) is 24.3 Å². The quantitative estimate of drug-likeness (QED) is 0.283. The normalized spacial score (nSPS) is 15.9. The van der Waals surface area contributed by atoms with Crippen LogP contribution in [0.5, 0.6) is 5.75 Å². The molecule has 36 heavy (non-hydrogen) atoms. The molecule has 1 aromatic rings. The minimum Gasteiger partial charge on any atom is -0.493 e. The first-order valence-corrected chi connectivity index (χ1v) is 9.52. The molecule has 1 rings (SSSR count). The van der Waals surface area contributed by atoms with Crippen molar-refractivity contribution < 1.29 is 75.7 Å². The lowest BCUT2D eigenvalue weighted by atomic mass is 9.88. The minimum atomic E-state index is -8.35. The monoisotopic (exact) mass is 562 g/mol. The first kappa shape index (κ1) is 32.0. The summed E-state index contributed by atoms with van der Waals surface area (Å²) in [5, 5.41) is 9.69. The summed E-state index contributed by atoms with van der Waals surface area (Å²) < 4.78 is 203. The van der Waals surface area contributed by atoms with Gasteiger partial charge in [-0.05, 0) is 23.6 Å². The second-order valence-corrected chi connectivity index (χ2v) is 8.07. The number of rotatable bonds is 11. The molecule has 0 amide bonds. The Labute approximate surface area is 193 Å². The van der Waals surface area contributed by atoms with Gasteiger partial charge in [0.05, 0.1) is 12.7 Å². The van der Waals surface area contributed by atoms with E-state index in [1.54, 1.807) is 13.8 Å². The molecule has 0 aliphatic rings. The number of halogens is 15. The summed E-state index contributed by atoms with van der Waals surface area (Å²) in [5.41, 5.74) is -0.702. The van der Waals surface area contributed by atoms with E-state index in [1.165, 1.54) is 0 Å². The maximum Gasteiger partial charge on any atom is 0.460 e. The summed E-state index contributed by atoms with van der Waals surface area (Å²) in [4.78, 5) is 0.